The van der Waals surface area contributed by atoms with E-state index >= 15 is 0 Å². The van der Waals surface area contributed by atoms with E-state index in [1.54, 1.807) is 18.0 Å². The molecule has 0 amide bonds. The molecular formula is C31H30N4O3. The average molecular weight is 507 g/mol. The second-order valence-electron chi connectivity index (χ2n) is 9.20. The summed E-state index contributed by atoms with van der Waals surface area (Å²) in [5, 5.41) is 4.42. The lowest BCUT2D eigenvalue weighted by Crippen LogP contribution is -2.24. The number of Topliss-reactive ketones (excluding diaryl/α,β-unsaturated/α-hetero) is 1. The first-order valence-corrected chi connectivity index (χ1v) is 12.7. The number of benzene rings is 3. The van der Waals surface area contributed by atoms with Crippen molar-refractivity contribution < 1.29 is 9.53 Å². The van der Waals surface area contributed by atoms with Crippen LogP contribution in [0.4, 0.5) is 11.4 Å². The van der Waals surface area contributed by atoms with Crippen LogP contribution in [0.2, 0.25) is 0 Å². The molecule has 0 spiro atoms. The summed E-state index contributed by atoms with van der Waals surface area (Å²) in [5.74, 6) is 0.578. The van der Waals surface area contributed by atoms with Crippen LogP contribution in [0.3, 0.4) is 0 Å². The van der Waals surface area contributed by atoms with Crippen LogP contribution in [0, 0.1) is 6.92 Å². The Morgan fingerprint density at radius 2 is 1.76 bits per heavy atom. The number of hydrogen-bond donors (Lipinski definition) is 1. The van der Waals surface area contributed by atoms with E-state index in [9.17, 15) is 9.59 Å². The number of pyridine rings is 1. The Bertz CT molecular complexity index is 1650. The number of ketones is 1. The Balaban J connectivity index is 1.38. The summed E-state index contributed by atoms with van der Waals surface area (Å²) in [6.45, 7) is 4.56. The number of para-hydroxylation sites is 1. The summed E-state index contributed by atoms with van der Waals surface area (Å²) in [7, 11) is 1.64. The molecule has 7 heteroatoms. The van der Waals surface area contributed by atoms with Crippen molar-refractivity contribution in [1.82, 2.24) is 14.3 Å². The van der Waals surface area contributed by atoms with Gasteiger partial charge in [-0.05, 0) is 61.4 Å². The zero-order valence-electron chi connectivity index (χ0n) is 21.8. The molecular weight excluding hydrogens is 476 g/mol. The Morgan fingerprint density at radius 3 is 2.47 bits per heavy atom. The minimum Gasteiger partial charge on any atom is -0.497 e. The van der Waals surface area contributed by atoms with Crippen molar-refractivity contribution in [3.8, 4) is 11.4 Å². The summed E-state index contributed by atoms with van der Waals surface area (Å²) in [6.07, 6.45) is 2.76. The molecule has 0 bridgehead atoms. The highest BCUT2D eigenvalue weighted by molar-refractivity contribution is 5.98. The molecule has 0 fully saturated rings. The van der Waals surface area contributed by atoms with Gasteiger partial charge in [0, 0.05) is 47.7 Å². The van der Waals surface area contributed by atoms with E-state index in [0.29, 0.717) is 12.2 Å². The van der Waals surface area contributed by atoms with Crippen LogP contribution in [-0.4, -0.2) is 27.2 Å². The maximum absolute atomic E-state index is 13.4. The molecule has 5 rings (SSSR count). The largest absolute Gasteiger partial charge is 0.497 e. The van der Waals surface area contributed by atoms with Crippen LogP contribution >= 0.6 is 0 Å². The Morgan fingerprint density at radius 1 is 1.00 bits per heavy atom. The zero-order valence-corrected chi connectivity index (χ0v) is 21.8. The van der Waals surface area contributed by atoms with E-state index in [0.717, 1.165) is 45.7 Å². The number of rotatable bonds is 9. The molecule has 5 aromatic rings. The molecule has 38 heavy (non-hydrogen) atoms. The predicted octanol–water partition coefficient (Wildman–Crippen LogP) is 6.08. The van der Waals surface area contributed by atoms with Crippen molar-refractivity contribution in [2.75, 3.05) is 12.4 Å². The highest BCUT2D eigenvalue weighted by Gasteiger charge is 2.23. The fraction of sp³-hybridized carbons (Fsp3) is 0.194. The summed E-state index contributed by atoms with van der Waals surface area (Å²) in [4.78, 5) is 31.2. The third kappa shape index (κ3) is 4.83. The molecule has 0 radical (unpaired) electrons. The standard InChI is InChI=1S/C31H30N4O3/c1-4-18-34-21(2)30(31(37)35(34)24-8-6-5-7-9-24)29(36)19-22-10-12-23(13-11-22)33-27-16-17-32-28-20-25(38-3)14-15-26(27)28/h5-17,20H,4,18-19H2,1-3H3,(H,32,33). The van der Waals surface area contributed by atoms with Gasteiger partial charge < -0.3 is 10.1 Å². The molecule has 3 aromatic carbocycles. The zero-order chi connectivity index (χ0) is 26.6. The molecule has 7 nitrogen and oxygen atoms in total. The van der Waals surface area contributed by atoms with Gasteiger partial charge in [-0.1, -0.05) is 37.3 Å². The van der Waals surface area contributed by atoms with Crippen molar-refractivity contribution in [2.24, 2.45) is 0 Å². The lowest BCUT2D eigenvalue weighted by Gasteiger charge is -2.12. The first-order chi connectivity index (χ1) is 18.5. The normalized spacial score (nSPS) is 11.0. The van der Waals surface area contributed by atoms with Gasteiger partial charge in [0.15, 0.2) is 5.78 Å². The number of nitrogens with zero attached hydrogens (tertiary/aromatic N) is 3. The number of methoxy groups -OCH3 is 1. The van der Waals surface area contributed by atoms with Crippen molar-refractivity contribution in [2.45, 2.75) is 33.2 Å². The van der Waals surface area contributed by atoms with Gasteiger partial charge in [0.05, 0.1) is 18.3 Å². The molecule has 192 valence electrons. The molecule has 0 aliphatic heterocycles. The molecule has 1 N–H and O–H groups in total. The van der Waals surface area contributed by atoms with Crippen LogP contribution in [0.1, 0.15) is 35.0 Å². The number of ether oxygens (including phenoxy) is 1. The van der Waals surface area contributed by atoms with Gasteiger partial charge in [0.2, 0.25) is 0 Å². The van der Waals surface area contributed by atoms with Crippen molar-refractivity contribution >= 4 is 28.1 Å². The Hall–Kier alpha value is -4.65. The van der Waals surface area contributed by atoms with E-state index in [1.165, 1.54) is 0 Å². The van der Waals surface area contributed by atoms with Crippen LogP contribution in [0.25, 0.3) is 16.6 Å². The van der Waals surface area contributed by atoms with Gasteiger partial charge in [-0.25, -0.2) is 4.68 Å². The van der Waals surface area contributed by atoms with E-state index < -0.39 is 0 Å². The van der Waals surface area contributed by atoms with Crippen LogP contribution in [-0.2, 0) is 13.0 Å². The second-order valence-corrected chi connectivity index (χ2v) is 9.20. The van der Waals surface area contributed by atoms with E-state index in [2.05, 4.69) is 17.2 Å². The number of anilines is 2. The molecule has 0 unspecified atom stereocenters. The second kappa shape index (κ2) is 10.8. The molecule has 0 atom stereocenters. The monoisotopic (exact) mass is 506 g/mol. The van der Waals surface area contributed by atoms with Crippen LogP contribution < -0.4 is 15.6 Å². The van der Waals surface area contributed by atoms with Gasteiger partial charge in [-0.3, -0.25) is 19.3 Å². The maximum Gasteiger partial charge on any atom is 0.282 e. The maximum atomic E-state index is 13.4. The SMILES string of the molecule is CCCn1c(C)c(C(=O)Cc2ccc(Nc3ccnc4cc(OC)ccc34)cc2)c(=O)n1-c1ccccc1. The van der Waals surface area contributed by atoms with Crippen molar-refractivity contribution in [1.29, 1.82) is 0 Å². The topological polar surface area (TPSA) is 78.2 Å². The Labute approximate surface area is 221 Å². The predicted molar refractivity (Wildman–Crippen MR) is 151 cm³/mol. The number of nitrogens with one attached hydrogen (secondary N) is 1. The fourth-order valence-electron chi connectivity index (χ4n) is 4.77. The number of carbonyl (C=O) groups excluding carboxylic acids is 1. The van der Waals surface area contributed by atoms with Crippen molar-refractivity contribution in [3.05, 3.63) is 112 Å². The quantitative estimate of drug-likeness (QED) is 0.245. The third-order valence-electron chi connectivity index (χ3n) is 6.66. The van der Waals surface area contributed by atoms with Gasteiger partial charge in [-0.15, -0.1) is 0 Å². The van der Waals surface area contributed by atoms with Gasteiger partial charge >= 0.3 is 0 Å². The molecule has 0 aliphatic carbocycles. The smallest absolute Gasteiger partial charge is 0.282 e. The summed E-state index contributed by atoms with van der Waals surface area (Å²) in [5.41, 5.74) is 4.93. The minimum atomic E-state index is -0.272. The number of aromatic nitrogens is 3. The van der Waals surface area contributed by atoms with Crippen molar-refractivity contribution in [3.63, 3.8) is 0 Å². The van der Waals surface area contributed by atoms with E-state index in [1.807, 2.05) is 90.5 Å². The van der Waals surface area contributed by atoms with Gasteiger partial charge in [0.1, 0.15) is 11.3 Å². The Kier molecular flexibility index (Phi) is 7.09. The summed E-state index contributed by atoms with van der Waals surface area (Å²) >= 11 is 0. The molecule has 2 aromatic heterocycles. The van der Waals surface area contributed by atoms with E-state index in [-0.39, 0.29) is 23.3 Å². The fourth-order valence-corrected chi connectivity index (χ4v) is 4.77. The van der Waals surface area contributed by atoms with E-state index in [4.69, 9.17) is 4.74 Å². The lowest BCUT2D eigenvalue weighted by atomic mass is 10.0. The molecule has 0 aliphatic rings. The number of carbonyl (C=O) groups is 1. The minimum absolute atomic E-state index is 0.152. The van der Waals surface area contributed by atoms with Gasteiger partial charge in [-0.2, -0.15) is 0 Å². The lowest BCUT2D eigenvalue weighted by molar-refractivity contribution is 0.0991. The number of fused-ring (bicyclic) bond motifs is 1. The average Bonchev–Trinajstić information content (AvgIpc) is 3.19. The number of hydrogen-bond acceptors (Lipinski definition) is 5. The highest BCUT2D eigenvalue weighted by atomic mass is 16.5. The highest BCUT2D eigenvalue weighted by Crippen LogP contribution is 2.28. The van der Waals surface area contributed by atoms with Gasteiger partial charge in [0.25, 0.3) is 5.56 Å². The summed E-state index contributed by atoms with van der Waals surface area (Å²) < 4.78 is 8.83. The molecule has 2 heterocycles. The molecule has 0 saturated carbocycles. The molecule has 0 saturated heterocycles. The third-order valence-corrected chi connectivity index (χ3v) is 6.66. The van der Waals surface area contributed by atoms with Crippen LogP contribution in [0.15, 0.2) is 89.9 Å². The first kappa shape index (κ1) is 25.0. The first-order valence-electron chi connectivity index (χ1n) is 12.7. The summed E-state index contributed by atoms with van der Waals surface area (Å²) in [6, 6.07) is 24.9. The van der Waals surface area contributed by atoms with Crippen LogP contribution in [0.5, 0.6) is 5.75 Å².